The van der Waals surface area contributed by atoms with Crippen LogP contribution in [0.3, 0.4) is 0 Å². The second kappa shape index (κ2) is 7.88. The van der Waals surface area contributed by atoms with Crippen LogP contribution in [0.25, 0.3) is 10.9 Å². The van der Waals surface area contributed by atoms with E-state index in [1.165, 1.54) is 19.0 Å². The molecule has 0 radical (unpaired) electrons. The highest BCUT2D eigenvalue weighted by molar-refractivity contribution is 6.31. The van der Waals surface area contributed by atoms with Crippen molar-refractivity contribution in [2.24, 2.45) is 0 Å². The first-order valence-corrected chi connectivity index (χ1v) is 9.48. The number of fused-ring (bicyclic) bond motifs is 1. The molecule has 27 heavy (non-hydrogen) atoms. The lowest BCUT2D eigenvalue weighted by Gasteiger charge is -2.16. The first-order valence-electron chi connectivity index (χ1n) is 9.10. The normalized spacial score (nSPS) is 14.4. The van der Waals surface area contributed by atoms with Gasteiger partial charge in [0.15, 0.2) is 5.82 Å². The summed E-state index contributed by atoms with van der Waals surface area (Å²) in [7, 11) is 0. The third kappa shape index (κ3) is 4.17. The maximum absolute atomic E-state index is 12.3. The molecule has 0 spiro atoms. The highest BCUT2D eigenvalue weighted by Crippen LogP contribution is 2.28. The highest BCUT2D eigenvalue weighted by atomic mass is 35.5. The van der Waals surface area contributed by atoms with Gasteiger partial charge in [-0.25, -0.2) is 9.97 Å². The number of halogens is 1. The molecule has 0 unspecified atom stereocenters. The molecule has 2 heterocycles. The zero-order valence-electron chi connectivity index (χ0n) is 14.8. The predicted octanol–water partition coefficient (Wildman–Crippen LogP) is 3.96. The van der Waals surface area contributed by atoms with Crippen LogP contribution in [0.15, 0.2) is 42.7 Å². The maximum Gasteiger partial charge on any atom is 0.253 e. The molecule has 1 aromatic carbocycles. The van der Waals surface area contributed by atoms with E-state index in [1.807, 2.05) is 18.2 Å². The molecular weight excluding hydrogens is 362 g/mol. The molecule has 0 atom stereocenters. The number of anilines is 1. The molecule has 0 saturated heterocycles. The standard InChI is InChI=1S/C20H20ClN5O/c21-14-7-8-17-16(10-14)19(24-15-5-1-2-6-15)26-18(25-17)12-23-20(27)13-4-3-9-22-11-13/h3-4,7-11,15H,1-2,5-6,12H2,(H,23,27)(H,24,25,26). The minimum atomic E-state index is -0.201. The Balaban J connectivity index is 1.58. The average Bonchev–Trinajstić information content (AvgIpc) is 3.20. The number of carbonyl (C=O) groups excluding carboxylic acids is 1. The third-order valence-corrected chi connectivity index (χ3v) is 4.97. The van der Waals surface area contributed by atoms with Crippen LogP contribution in [0.2, 0.25) is 5.02 Å². The summed E-state index contributed by atoms with van der Waals surface area (Å²) in [6.07, 6.45) is 7.91. The van der Waals surface area contributed by atoms with Crippen molar-refractivity contribution in [3.63, 3.8) is 0 Å². The number of benzene rings is 1. The Hall–Kier alpha value is -2.73. The largest absolute Gasteiger partial charge is 0.367 e. The van der Waals surface area contributed by atoms with Gasteiger partial charge in [0, 0.05) is 28.8 Å². The van der Waals surface area contributed by atoms with Gasteiger partial charge in [0.2, 0.25) is 0 Å². The molecule has 1 aliphatic carbocycles. The van der Waals surface area contributed by atoms with Gasteiger partial charge < -0.3 is 10.6 Å². The summed E-state index contributed by atoms with van der Waals surface area (Å²) in [6.45, 7) is 0.242. The van der Waals surface area contributed by atoms with Gasteiger partial charge in [-0.3, -0.25) is 9.78 Å². The molecule has 2 N–H and O–H groups in total. The fraction of sp³-hybridized carbons (Fsp3) is 0.300. The Morgan fingerprint density at radius 3 is 2.81 bits per heavy atom. The van der Waals surface area contributed by atoms with Gasteiger partial charge in [-0.2, -0.15) is 0 Å². The number of hydrogen-bond donors (Lipinski definition) is 2. The summed E-state index contributed by atoms with van der Waals surface area (Å²) in [5.74, 6) is 1.13. The zero-order valence-corrected chi connectivity index (χ0v) is 15.5. The predicted molar refractivity (Wildman–Crippen MR) is 106 cm³/mol. The van der Waals surface area contributed by atoms with E-state index in [9.17, 15) is 4.79 Å². The summed E-state index contributed by atoms with van der Waals surface area (Å²) in [5, 5.41) is 7.94. The van der Waals surface area contributed by atoms with Crippen LogP contribution in [-0.2, 0) is 6.54 Å². The van der Waals surface area contributed by atoms with Crippen molar-refractivity contribution in [3.05, 3.63) is 59.1 Å². The molecular formula is C20H20ClN5O. The van der Waals surface area contributed by atoms with Gasteiger partial charge >= 0.3 is 0 Å². The van der Waals surface area contributed by atoms with E-state index in [0.717, 1.165) is 29.6 Å². The van der Waals surface area contributed by atoms with Gasteiger partial charge in [-0.1, -0.05) is 24.4 Å². The molecule has 1 fully saturated rings. The smallest absolute Gasteiger partial charge is 0.253 e. The number of nitrogens with one attached hydrogen (secondary N) is 2. The topological polar surface area (TPSA) is 79.8 Å². The number of aromatic nitrogens is 3. The molecule has 138 valence electrons. The van der Waals surface area contributed by atoms with E-state index in [2.05, 4.69) is 25.6 Å². The summed E-state index contributed by atoms with van der Waals surface area (Å²) in [5.41, 5.74) is 1.31. The maximum atomic E-state index is 12.3. The zero-order chi connectivity index (χ0) is 18.6. The van der Waals surface area contributed by atoms with Crippen molar-refractivity contribution in [2.45, 2.75) is 38.3 Å². The van der Waals surface area contributed by atoms with Crippen molar-refractivity contribution in [1.29, 1.82) is 0 Å². The SMILES string of the molecule is O=C(NCc1nc(NC2CCCC2)c2cc(Cl)ccc2n1)c1cccnc1. The highest BCUT2D eigenvalue weighted by Gasteiger charge is 2.18. The van der Waals surface area contributed by atoms with Crippen molar-refractivity contribution in [1.82, 2.24) is 20.3 Å². The minimum absolute atomic E-state index is 0.201. The molecule has 1 amide bonds. The molecule has 7 heteroatoms. The van der Waals surface area contributed by atoms with Crippen molar-refractivity contribution >= 4 is 34.2 Å². The van der Waals surface area contributed by atoms with Crippen molar-refractivity contribution in [3.8, 4) is 0 Å². The van der Waals surface area contributed by atoms with Crippen LogP contribution in [0.4, 0.5) is 5.82 Å². The summed E-state index contributed by atoms with van der Waals surface area (Å²) < 4.78 is 0. The Morgan fingerprint density at radius 1 is 1.19 bits per heavy atom. The van der Waals surface area contributed by atoms with Crippen LogP contribution in [-0.4, -0.2) is 26.9 Å². The fourth-order valence-corrected chi connectivity index (χ4v) is 3.53. The van der Waals surface area contributed by atoms with Crippen LogP contribution in [0.5, 0.6) is 0 Å². The minimum Gasteiger partial charge on any atom is -0.367 e. The lowest BCUT2D eigenvalue weighted by Crippen LogP contribution is -2.24. The van der Waals surface area contributed by atoms with Gasteiger partial charge in [0.25, 0.3) is 5.91 Å². The number of nitrogens with zero attached hydrogens (tertiary/aromatic N) is 3. The van der Waals surface area contributed by atoms with E-state index in [0.29, 0.717) is 22.5 Å². The summed E-state index contributed by atoms with van der Waals surface area (Å²) in [4.78, 5) is 25.5. The number of hydrogen-bond acceptors (Lipinski definition) is 5. The lowest BCUT2D eigenvalue weighted by atomic mass is 10.2. The number of amides is 1. The van der Waals surface area contributed by atoms with Gasteiger partial charge in [0.05, 0.1) is 17.6 Å². The molecule has 2 aromatic heterocycles. The average molecular weight is 382 g/mol. The fourth-order valence-electron chi connectivity index (χ4n) is 3.36. The number of rotatable bonds is 5. The summed E-state index contributed by atoms with van der Waals surface area (Å²) in [6, 6.07) is 9.44. The van der Waals surface area contributed by atoms with E-state index < -0.39 is 0 Å². The number of carbonyl (C=O) groups is 1. The van der Waals surface area contributed by atoms with Crippen LogP contribution in [0, 0.1) is 0 Å². The molecule has 4 rings (SSSR count). The van der Waals surface area contributed by atoms with Crippen LogP contribution < -0.4 is 10.6 Å². The molecule has 1 saturated carbocycles. The second-order valence-corrected chi connectivity index (χ2v) is 7.14. The van der Waals surface area contributed by atoms with E-state index in [1.54, 1.807) is 18.3 Å². The number of pyridine rings is 1. The van der Waals surface area contributed by atoms with E-state index in [4.69, 9.17) is 11.6 Å². The quantitative estimate of drug-likeness (QED) is 0.699. The summed E-state index contributed by atoms with van der Waals surface area (Å²) >= 11 is 6.17. The molecule has 0 aliphatic heterocycles. The second-order valence-electron chi connectivity index (χ2n) is 6.70. The molecule has 1 aliphatic rings. The van der Waals surface area contributed by atoms with Crippen LogP contribution in [0.1, 0.15) is 41.9 Å². The first kappa shape index (κ1) is 17.7. The van der Waals surface area contributed by atoms with Crippen molar-refractivity contribution in [2.75, 3.05) is 5.32 Å². The Kier molecular flexibility index (Phi) is 5.16. The van der Waals surface area contributed by atoms with Gasteiger partial charge in [-0.05, 0) is 43.2 Å². The van der Waals surface area contributed by atoms with E-state index in [-0.39, 0.29) is 12.5 Å². The van der Waals surface area contributed by atoms with Gasteiger partial charge in [0.1, 0.15) is 5.82 Å². The molecule has 3 aromatic rings. The van der Waals surface area contributed by atoms with E-state index >= 15 is 0 Å². The Morgan fingerprint density at radius 2 is 2.04 bits per heavy atom. The Labute approximate surface area is 162 Å². The lowest BCUT2D eigenvalue weighted by molar-refractivity contribution is 0.0949. The third-order valence-electron chi connectivity index (χ3n) is 4.73. The monoisotopic (exact) mass is 381 g/mol. The Bertz CT molecular complexity index is 957. The van der Waals surface area contributed by atoms with Gasteiger partial charge in [-0.15, -0.1) is 0 Å². The van der Waals surface area contributed by atoms with Crippen molar-refractivity contribution < 1.29 is 4.79 Å². The molecule has 0 bridgehead atoms. The molecule has 6 nitrogen and oxygen atoms in total. The first-order chi connectivity index (χ1) is 13.2. The van der Waals surface area contributed by atoms with Crippen LogP contribution >= 0.6 is 11.6 Å².